The monoisotopic (exact) mass is 320 g/mol. The highest BCUT2D eigenvalue weighted by atomic mass is 79.9. The molecule has 0 atom stereocenters. The first-order valence-corrected chi connectivity index (χ1v) is 6.88. The summed E-state index contributed by atoms with van der Waals surface area (Å²) in [4.78, 5) is 13.1. The van der Waals surface area contributed by atoms with Crippen LogP contribution in [0.4, 0.5) is 5.82 Å². The van der Waals surface area contributed by atoms with Crippen molar-refractivity contribution in [3.8, 4) is 0 Å². The van der Waals surface area contributed by atoms with Crippen molar-refractivity contribution in [2.75, 3.05) is 5.73 Å². The van der Waals surface area contributed by atoms with Gasteiger partial charge in [-0.25, -0.2) is 9.97 Å². The van der Waals surface area contributed by atoms with Gasteiger partial charge in [-0.2, -0.15) is 0 Å². The zero-order valence-corrected chi connectivity index (χ0v) is 12.9. The van der Waals surface area contributed by atoms with Gasteiger partial charge in [-0.05, 0) is 27.6 Å². The average molecular weight is 321 g/mol. The number of nitrogens with two attached hydrogens (primary N) is 1. The molecule has 0 saturated heterocycles. The molecule has 0 spiro atoms. The van der Waals surface area contributed by atoms with Crippen LogP contribution in [0.2, 0.25) is 0 Å². The fraction of sp³-hybridized carbons (Fsp3) is 0.357. The number of nitrogens with zero attached hydrogens (tertiary/aromatic N) is 3. The molecule has 0 amide bonds. The largest absolute Gasteiger partial charge is 0.383 e. The first-order valence-electron chi connectivity index (χ1n) is 6.09. The smallest absolute Gasteiger partial charge is 0.141 e. The van der Waals surface area contributed by atoms with E-state index in [-0.39, 0.29) is 5.41 Å². The summed E-state index contributed by atoms with van der Waals surface area (Å²) in [6, 6.07) is 3.91. The summed E-state index contributed by atoms with van der Waals surface area (Å²) in [6.07, 6.45) is 4.20. The number of hydrogen-bond donors (Lipinski definition) is 1. The summed E-state index contributed by atoms with van der Waals surface area (Å²) in [6.45, 7) is 6.31. The van der Waals surface area contributed by atoms with Crippen LogP contribution in [0.15, 0.2) is 29.0 Å². The van der Waals surface area contributed by atoms with Crippen LogP contribution >= 0.6 is 15.9 Å². The molecule has 0 fully saturated rings. The van der Waals surface area contributed by atoms with E-state index in [0.717, 1.165) is 21.6 Å². The van der Waals surface area contributed by atoms with E-state index in [1.54, 1.807) is 6.20 Å². The highest BCUT2D eigenvalue weighted by Crippen LogP contribution is 2.31. The van der Waals surface area contributed by atoms with Crippen molar-refractivity contribution in [2.24, 2.45) is 0 Å². The van der Waals surface area contributed by atoms with Gasteiger partial charge in [0.1, 0.15) is 11.6 Å². The zero-order chi connectivity index (χ0) is 14.0. The molecule has 4 nitrogen and oxygen atoms in total. The third kappa shape index (κ3) is 3.29. The molecular weight excluding hydrogens is 304 g/mol. The maximum atomic E-state index is 5.96. The van der Waals surface area contributed by atoms with Gasteiger partial charge < -0.3 is 5.73 Å². The predicted octanol–water partition coefficient (Wildman–Crippen LogP) is 3.10. The predicted molar refractivity (Wildman–Crippen MR) is 79.9 cm³/mol. The Morgan fingerprint density at radius 3 is 2.58 bits per heavy atom. The van der Waals surface area contributed by atoms with Crippen LogP contribution in [0.3, 0.4) is 0 Å². The van der Waals surface area contributed by atoms with Gasteiger partial charge in [-0.1, -0.05) is 26.8 Å². The Hall–Kier alpha value is -1.49. The molecule has 0 aliphatic carbocycles. The van der Waals surface area contributed by atoms with Crippen molar-refractivity contribution < 1.29 is 0 Å². The summed E-state index contributed by atoms with van der Waals surface area (Å²) < 4.78 is 0.787. The maximum Gasteiger partial charge on any atom is 0.141 e. The van der Waals surface area contributed by atoms with E-state index in [0.29, 0.717) is 12.2 Å². The molecule has 2 heterocycles. The molecular formula is C14H17BrN4. The number of pyridine rings is 1. The Kier molecular flexibility index (Phi) is 3.85. The fourth-order valence-electron chi connectivity index (χ4n) is 1.77. The summed E-state index contributed by atoms with van der Waals surface area (Å²) in [5, 5.41) is 0. The Morgan fingerprint density at radius 1 is 1.26 bits per heavy atom. The first-order chi connectivity index (χ1) is 8.88. The lowest BCUT2D eigenvalue weighted by molar-refractivity contribution is 0.560. The summed E-state index contributed by atoms with van der Waals surface area (Å²) in [5.41, 5.74) is 7.88. The molecule has 2 aromatic heterocycles. The molecule has 2 rings (SSSR count). The van der Waals surface area contributed by atoms with Crippen molar-refractivity contribution in [1.29, 1.82) is 0 Å². The highest BCUT2D eigenvalue weighted by Gasteiger charge is 2.22. The van der Waals surface area contributed by atoms with E-state index in [1.807, 2.05) is 18.3 Å². The summed E-state index contributed by atoms with van der Waals surface area (Å²) >= 11 is 3.47. The van der Waals surface area contributed by atoms with Crippen LogP contribution in [0.5, 0.6) is 0 Å². The second-order valence-corrected chi connectivity index (χ2v) is 6.27. The fourth-order valence-corrected chi connectivity index (χ4v) is 2.55. The number of rotatable bonds is 2. The van der Waals surface area contributed by atoms with Gasteiger partial charge >= 0.3 is 0 Å². The third-order valence-electron chi connectivity index (χ3n) is 2.72. The van der Waals surface area contributed by atoms with Crippen molar-refractivity contribution in [3.05, 3.63) is 46.1 Å². The van der Waals surface area contributed by atoms with Crippen molar-refractivity contribution in [3.63, 3.8) is 0 Å². The average Bonchev–Trinajstić information content (AvgIpc) is 2.33. The molecule has 2 aromatic rings. The Labute approximate surface area is 121 Å². The molecule has 2 N–H and O–H groups in total. The number of halogens is 1. The zero-order valence-electron chi connectivity index (χ0n) is 11.3. The van der Waals surface area contributed by atoms with E-state index in [4.69, 9.17) is 5.73 Å². The molecule has 0 bridgehead atoms. The van der Waals surface area contributed by atoms with Gasteiger partial charge in [0.05, 0.1) is 10.2 Å². The van der Waals surface area contributed by atoms with Crippen LogP contribution < -0.4 is 5.73 Å². The van der Waals surface area contributed by atoms with E-state index in [2.05, 4.69) is 51.7 Å². The van der Waals surface area contributed by atoms with Gasteiger partial charge in [-0.3, -0.25) is 4.98 Å². The maximum absolute atomic E-state index is 5.96. The van der Waals surface area contributed by atoms with E-state index in [1.165, 1.54) is 0 Å². The Bertz CT molecular complexity index is 576. The molecule has 19 heavy (non-hydrogen) atoms. The lowest BCUT2D eigenvalue weighted by atomic mass is 9.92. The Balaban J connectivity index is 2.40. The van der Waals surface area contributed by atoms with Crippen LogP contribution in [-0.4, -0.2) is 15.0 Å². The first kappa shape index (κ1) is 13.9. The summed E-state index contributed by atoms with van der Waals surface area (Å²) in [7, 11) is 0. The molecule has 0 radical (unpaired) electrons. The normalized spacial score (nSPS) is 11.6. The minimum absolute atomic E-state index is 0.0837. The number of anilines is 1. The van der Waals surface area contributed by atoms with E-state index < -0.39 is 0 Å². The second kappa shape index (κ2) is 5.25. The molecule has 0 aliphatic rings. The minimum atomic E-state index is -0.0837. The van der Waals surface area contributed by atoms with Gasteiger partial charge in [0.25, 0.3) is 0 Å². The van der Waals surface area contributed by atoms with Crippen molar-refractivity contribution in [2.45, 2.75) is 32.6 Å². The minimum Gasteiger partial charge on any atom is -0.383 e. The molecule has 0 unspecified atom stereocenters. The third-order valence-corrected chi connectivity index (χ3v) is 3.50. The van der Waals surface area contributed by atoms with Crippen LogP contribution in [-0.2, 0) is 11.8 Å². The quantitative estimate of drug-likeness (QED) is 0.923. The molecule has 0 aliphatic heterocycles. The second-order valence-electron chi connectivity index (χ2n) is 5.48. The lowest BCUT2D eigenvalue weighted by Gasteiger charge is -2.20. The van der Waals surface area contributed by atoms with Crippen LogP contribution in [0.1, 0.15) is 37.9 Å². The molecule has 0 aromatic carbocycles. The Morgan fingerprint density at radius 2 is 2.00 bits per heavy atom. The van der Waals surface area contributed by atoms with Crippen LogP contribution in [0, 0.1) is 0 Å². The molecule has 0 saturated carbocycles. The molecule has 5 heteroatoms. The van der Waals surface area contributed by atoms with E-state index >= 15 is 0 Å². The number of nitrogen functional groups attached to an aromatic ring is 1. The van der Waals surface area contributed by atoms with Crippen LogP contribution in [0.25, 0.3) is 0 Å². The standard InChI is InChI=1S/C14H17BrN4/c1-14(2,3)12-11(15)13(16)19-10(18-12)7-9-5-4-6-17-8-9/h4-6,8H,7H2,1-3H3,(H2,16,18,19). The van der Waals surface area contributed by atoms with Gasteiger partial charge in [0.15, 0.2) is 0 Å². The molecule has 100 valence electrons. The topological polar surface area (TPSA) is 64.7 Å². The van der Waals surface area contributed by atoms with Crippen molar-refractivity contribution in [1.82, 2.24) is 15.0 Å². The summed E-state index contributed by atoms with van der Waals surface area (Å²) in [5.74, 6) is 1.21. The highest BCUT2D eigenvalue weighted by molar-refractivity contribution is 9.10. The SMILES string of the molecule is CC(C)(C)c1nc(Cc2cccnc2)nc(N)c1Br. The van der Waals surface area contributed by atoms with Gasteiger partial charge in [0.2, 0.25) is 0 Å². The van der Waals surface area contributed by atoms with Gasteiger partial charge in [0, 0.05) is 24.2 Å². The number of hydrogen-bond acceptors (Lipinski definition) is 4. The van der Waals surface area contributed by atoms with E-state index in [9.17, 15) is 0 Å². The van der Waals surface area contributed by atoms with Gasteiger partial charge in [-0.15, -0.1) is 0 Å². The van der Waals surface area contributed by atoms with Crippen molar-refractivity contribution >= 4 is 21.7 Å². The number of aromatic nitrogens is 3. The lowest BCUT2D eigenvalue weighted by Crippen LogP contribution is -2.18.